The van der Waals surface area contributed by atoms with Crippen LogP contribution in [0.15, 0.2) is 64.5 Å². The van der Waals surface area contributed by atoms with Crippen molar-refractivity contribution in [3.05, 3.63) is 86.8 Å². The average Bonchev–Trinajstić information content (AvgIpc) is 3.40. The highest BCUT2D eigenvalue weighted by molar-refractivity contribution is 7.98. The lowest BCUT2D eigenvalue weighted by Gasteiger charge is -2.19. The molecule has 5 aromatic rings. The summed E-state index contributed by atoms with van der Waals surface area (Å²) in [4.78, 5) is 17.4. The minimum atomic E-state index is -0.249. The molecular weight excluding hydrogens is 457 g/mol. The first-order valence-electron chi connectivity index (χ1n) is 10.8. The zero-order valence-electron chi connectivity index (χ0n) is 17.9. The van der Waals surface area contributed by atoms with Gasteiger partial charge in [-0.05, 0) is 35.4 Å². The van der Waals surface area contributed by atoms with Gasteiger partial charge in [0.2, 0.25) is 5.78 Å². The van der Waals surface area contributed by atoms with Crippen molar-refractivity contribution in [1.29, 1.82) is 0 Å². The average molecular weight is 479 g/mol. The van der Waals surface area contributed by atoms with Crippen LogP contribution in [0.4, 0.5) is 4.39 Å². The minimum Gasteiger partial charge on any atom is -0.333 e. The number of hydrogen-bond acceptors (Lipinski definition) is 5. The van der Waals surface area contributed by atoms with Crippen molar-refractivity contribution in [3.63, 3.8) is 0 Å². The molecule has 0 radical (unpaired) electrons. The number of nitrogens with zero attached hydrogens (tertiary/aromatic N) is 4. The summed E-state index contributed by atoms with van der Waals surface area (Å²) in [7, 11) is 2.19. The van der Waals surface area contributed by atoms with Crippen molar-refractivity contribution in [3.8, 4) is 5.69 Å². The van der Waals surface area contributed by atoms with Gasteiger partial charge in [-0.25, -0.2) is 13.4 Å². The summed E-state index contributed by atoms with van der Waals surface area (Å²) in [6, 6.07) is 16.1. The Morgan fingerprint density at radius 2 is 1.91 bits per heavy atom. The van der Waals surface area contributed by atoms with E-state index in [4.69, 9.17) is 0 Å². The molecule has 0 fully saturated rings. The molecule has 2 aromatic carbocycles. The van der Waals surface area contributed by atoms with Crippen LogP contribution < -0.4 is 10.5 Å². The quantitative estimate of drug-likeness (QED) is 0.404. The second-order valence-electron chi connectivity index (χ2n) is 8.33. The molecule has 1 unspecified atom stereocenters. The molecule has 0 saturated carbocycles. The lowest BCUT2D eigenvalue weighted by molar-refractivity contribution is -0.895. The minimum absolute atomic E-state index is 0.0387. The predicted molar refractivity (Wildman–Crippen MR) is 129 cm³/mol. The molecule has 1 N–H and O–H groups in total. The molecule has 1 aliphatic heterocycles. The number of likely N-dealkylation sites (N-methyl/N-ethyl adjacent to an activating group) is 1. The summed E-state index contributed by atoms with van der Waals surface area (Å²) < 4.78 is 17.0. The van der Waals surface area contributed by atoms with E-state index in [0.29, 0.717) is 11.5 Å². The van der Waals surface area contributed by atoms with Gasteiger partial charge < -0.3 is 4.90 Å². The summed E-state index contributed by atoms with van der Waals surface area (Å²) in [6.07, 6.45) is 0.886. The second kappa shape index (κ2) is 8.09. The fraction of sp³-hybridized carbons (Fsp3) is 0.208. The van der Waals surface area contributed by atoms with E-state index in [-0.39, 0.29) is 11.4 Å². The van der Waals surface area contributed by atoms with Gasteiger partial charge in [-0.15, -0.1) is 21.5 Å². The van der Waals surface area contributed by atoms with Crippen LogP contribution in [0.1, 0.15) is 16.0 Å². The zero-order chi connectivity index (χ0) is 22.5. The van der Waals surface area contributed by atoms with Crippen LogP contribution in [-0.4, -0.2) is 32.8 Å². The van der Waals surface area contributed by atoms with Crippen LogP contribution in [0.25, 0.3) is 21.7 Å². The highest BCUT2D eigenvalue weighted by Crippen LogP contribution is 2.34. The third kappa shape index (κ3) is 3.47. The maximum atomic E-state index is 13.8. The monoisotopic (exact) mass is 478 g/mol. The number of hydrogen-bond donors (Lipinski definition) is 1. The number of nitrogens with one attached hydrogen (secondary N) is 1. The van der Waals surface area contributed by atoms with Crippen LogP contribution in [0.3, 0.4) is 0 Å². The van der Waals surface area contributed by atoms with Crippen LogP contribution in [-0.2, 0) is 18.7 Å². The number of rotatable bonds is 4. The molecule has 9 heteroatoms. The maximum Gasteiger partial charge on any atom is 0.268 e. The zero-order valence-corrected chi connectivity index (χ0v) is 19.5. The predicted octanol–water partition coefficient (Wildman–Crippen LogP) is 3.10. The Balaban J connectivity index is 1.58. The fourth-order valence-corrected chi connectivity index (χ4v) is 6.80. The highest BCUT2D eigenvalue weighted by atomic mass is 32.2. The second-order valence-corrected chi connectivity index (χ2v) is 10.4. The largest absolute Gasteiger partial charge is 0.333 e. The molecule has 0 aliphatic carbocycles. The van der Waals surface area contributed by atoms with Crippen molar-refractivity contribution in [2.45, 2.75) is 23.9 Å². The van der Waals surface area contributed by atoms with Gasteiger partial charge in [0.25, 0.3) is 5.56 Å². The van der Waals surface area contributed by atoms with E-state index in [0.717, 1.165) is 46.1 Å². The van der Waals surface area contributed by atoms with E-state index in [1.165, 1.54) is 39.2 Å². The fourth-order valence-electron chi connectivity index (χ4n) is 4.40. The SMILES string of the molecule is C[NH+]1CCc2c(sc3c2c(=O)n(-c2ccccc2)c2nnc(SCc4ccc(F)cc4)n32)C1. The topological polar surface area (TPSA) is 56.6 Å². The lowest BCUT2D eigenvalue weighted by Crippen LogP contribution is -3.08. The molecule has 4 heterocycles. The molecule has 6 nitrogen and oxygen atoms in total. The number of benzene rings is 2. The van der Waals surface area contributed by atoms with Crippen molar-refractivity contribution in [1.82, 2.24) is 19.2 Å². The standard InChI is InChI=1S/C24H20FN5OS2/c1-28-12-11-18-19(13-28)33-22-20(18)21(31)29(17-5-3-2-4-6-17)23-26-27-24(30(22)23)32-14-15-7-9-16(25)10-8-15/h2-10H,11-14H2,1H3/p+1. The molecular formula is C24H21FN5OS2+. The molecule has 0 spiro atoms. The summed E-state index contributed by atoms with van der Waals surface area (Å²) in [5, 5.41) is 10.4. The maximum absolute atomic E-state index is 13.8. The summed E-state index contributed by atoms with van der Waals surface area (Å²) in [5.74, 6) is 0.895. The number of aromatic nitrogens is 4. The van der Waals surface area contributed by atoms with Crippen molar-refractivity contribution in [2.75, 3.05) is 13.6 Å². The number of quaternary nitrogens is 1. The van der Waals surface area contributed by atoms with E-state index in [1.54, 1.807) is 28.0 Å². The molecule has 0 amide bonds. The number of fused-ring (bicyclic) bond motifs is 5. The van der Waals surface area contributed by atoms with Crippen LogP contribution in [0.2, 0.25) is 0 Å². The Morgan fingerprint density at radius 1 is 1.12 bits per heavy atom. The Kier molecular flexibility index (Phi) is 5.05. The van der Waals surface area contributed by atoms with Crippen LogP contribution >= 0.6 is 23.1 Å². The molecule has 3 aromatic heterocycles. The smallest absolute Gasteiger partial charge is 0.268 e. The molecule has 1 aliphatic rings. The number of halogens is 1. The third-order valence-corrected chi connectivity index (χ3v) is 8.29. The third-order valence-electron chi connectivity index (χ3n) is 6.07. The van der Waals surface area contributed by atoms with Crippen molar-refractivity contribution in [2.24, 2.45) is 0 Å². The number of thiophene rings is 1. The van der Waals surface area contributed by atoms with E-state index < -0.39 is 0 Å². The lowest BCUT2D eigenvalue weighted by atomic mass is 10.1. The van der Waals surface area contributed by atoms with Crippen LogP contribution in [0.5, 0.6) is 0 Å². The van der Waals surface area contributed by atoms with Gasteiger partial charge in [0.05, 0.1) is 29.5 Å². The van der Waals surface area contributed by atoms with E-state index >= 15 is 0 Å². The Labute approximate surface area is 197 Å². The van der Waals surface area contributed by atoms with E-state index in [1.807, 2.05) is 34.7 Å². The molecule has 1 atom stereocenters. The highest BCUT2D eigenvalue weighted by Gasteiger charge is 2.28. The molecule has 0 bridgehead atoms. The van der Waals surface area contributed by atoms with Gasteiger partial charge >= 0.3 is 0 Å². The van der Waals surface area contributed by atoms with Gasteiger partial charge in [-0.1, -0.05) is 42.1 Å². The van der Waals surface area contributed by atoms with Gasteiger partial charge in [-0.2, -0.15) is 0 Å². The Bertz CT molecular complexity index is 1540. The summed E-state index contributed by atoms with van der Waals surface area (Å²) in [5.41, 5.74) is 2.90. The Morgan fingerprint density at radius 3 is 2.70 bits per heavy atom. The van der Waals surface area contributed by atoms with Crippen molar-refractivity contribution < 1.29 is 9.29 Å². The number of thioether (sulfide) groups is 1. The van der Waals surface area contributed by atoms with E-state index in [9.17, 15) is 9.18 Å². The number of para-hydroxylation sites is 1. The Hall–Kier alpha value is -3.01. The first-order chi connectivity index (χ1) is 16.1. The summed E-state index contributed by atoms with van der Waals surface area (Å²) >= 11 is 3.22. The molecule has 6 rings (SSSR count). The normalized spacial score (nSPS) is 15.9. The first-order valence-corrected chi connectivity index (χ1v) is 12.6. The molecule has 0 saturated heterocycles. The molecule has 166 valence electrons. The van der Waals surface area contributed by atoms with Gasteiger partial charge in [0.15, 0.2) is 5.16 Å². The van der Waals surface area contributed by atoms with Crippen molar-refractivity contribution >= 4 is 39.1 Å². The molecule has 33 heavy (non-hydrogen) atoms. The van der Waals surface area contributed by atoms with E-state index in [2.05, 4.69) is 17.2 Å². The van der Waals surface area contributed by atoms with Crippen LogP contribution in [0, 0.1) is 5.82 Å². The summed E-state index contributed by atoms with van der Waals surface area (Å²) in [6.45, 7) is 1.93. The van der Waals surface area contributed by atoms with Gasteiger partial charge in [0, 0.05) is 12.2 Å². The van der Waals surface area contributed by atoms with Gasteiger partial charge in [0.1, 0.15) is 17.2 Å². The first kappa shape index (κ1) is 20.6. The van der Waals surface area contributed by atoms with Gasteiger partial charge in [-0.3, -0.25) is 4.79 Å².